The Balaban J connectivity index is 2.39. The molecular weight excluding hydrogens is 252 g/mol. The lowest BCUT2D eigenvalue weighted by Gasteiger charge is -2.13. The van der Waals surface area contributed by atoms with E-state index in [4.69, 9.17) is 11.6 Å². The van der Waals surface area contributed by atoms with Crippen LogP contribution in [0.15, 0.2) is 41.3 Å². The number of pyridine rings is 1. The first-order valence-corrected chi connectivity index (χ1v) is 4.97. The lowest BCUT2D eigenvalue weighted by Crippen LogP contribution is -2.25. The van der Waals surface area contributed by atoms with Crippen LogP contribution in [0.1, 0.15) is 16.1 Å². The van der Waals surface area contributed by atoms with Gasteiger partial charge in [0.15, 0.2) is 5.76 Å². The van der Waals surface area contributed by atoms with Crippen LogP contribution >= 0.6 is 11.6 Å². The lowest BCUT2D eigenvalue weighted by atomic mass is 10.1. The molecule has 2 aromatic rings. The molecule has 0 saturated carbocycles. The molecule has 0 aliphatic rings. The number of carbonyl (C=O) groups excluding carboxylic acids is 1. The first-order chi connectivity index (χ1) is 8.01. The molecular formula is C11H6ClF2NO2. The van der Waals surface area contributed by atoms with Gasteiger partial charge in [-0.3, -0.25) is 9.78 Å². The van der Waals surface area contributed by atoms with Gasteiger partial charge in [0.25, 0.3) is 5.78 Å². The average molecular weight is 258 g/mol. The molecule has 0 atom stereocenters. The van der Waals surface area contributed by atoms with E-state index in [9.17, 15) is 13.6 Å². The molecule has 2 heterocycles. The Morgan fingerprint density at radius 3 is 2.76 bits per heavy atom. The van der Waals surface area contributed by atoms with Crippen molar-refractivity contribution < 1.29 is 18.0 Å². The van der Waals surface area contributed by atoms with Crippen LogP contribution in [-0.2, 0) is 5.92 Å². The molecule has 3 nitrogen and oxygen atoms in total. The van der Waals surface area contributed by atoms with Crippen molar-refractivity contribution in [2.24, 2.45) is 0 Å². The first-order valence-electron chi connectivity index (χ1n) is 4.59. The maximum atomic E-state index is 13.8. The van der Waals surface area contributed by atoms with Crippen molar-refractivity contribution in [3.8, 4) is 0 Å². The van der Waals surface area contributed by atoms with Gasteiger partial charge in [0.1, 0.15) is 0 Å². The third-order valence-electron chi connectivity index (χ3n) is 2.10. The summed E-state index contributed by atoms with van der Waals surface area (Å²) in [6, 6.07) is 3.53. The van der Waals surface area contributed by atoms with Crippen LogP contribution in [0.5, 0.6) is 0 Å². The van der Waals surface area contributed by atoms with Crippen LogP contribution in [0.3, 0.4) is 0 Å². The highest BCUT2D eigenvalue weighted by atomic mass is 35.5. The van der Waals surface area contributed by atoms with Gasteiger partial charge in [-0.15, -0.1) is 0 Å². The highest BCUT2D eigenvalue weighted by molar-refractivity contribution is 6.30. The van der Waals surface area contributed by atoms with E-state index in [0.717, 1.165) is 18.5 Å². The number of ketones is 1. The summed E-state index contributed by atoms with van der Waals surface area (Å²) < 4.78 is 32.2. The molecule has 6 heteroatoms. The summed E-state index contributed by atoms with van der Waals surface area (Å²) in [7, 11) is 0. The molecule has 0 N–H and O–H groups in total. The summed E-state index contributed by atoms with van der Waals surface area (Å²) in [5.41, 5.74) is -0.564. The highest BCUT2D eigenvalue weighted by Crippen LogP contribution is 2.32. The number of alkyl halides is 2. The van der Waals surface area contributed by atoms with Gasteiger partial charge in [0, 0.05) is 18.0 Å². The van der Waals surface area contributed by atoms with Crippen LogP contribution in [-0.4, -0.2) is 10.8 Å². The van der Waals surface area contributed by atoms with Gasteiger partial charge in [-0.2, -0.15) is 8.78 Å². The summed E-state index contributed by atoms with van der Waals surface area (Å²) >= 11 is 5.55. The zero-order chi connectivity index (χ0) is 12.5. The Kier molecular flexibility index (Phi) is 2.93. The third-order valence-corrected chi connectivity index (χ3v) is 2.30. The quantitative estimate of drug-likeness (QED) is 0.793. The minimum absolute atomic E-state index is 0.0365. The molecule has 0 fully saturated rings. The third kappa shape index (κ3) is 2.19. The molecule has 17 heavy (non-hydrogen) atoms. The van der Waals surface area contributed by atoms with Gasteiger partial charge >= 0.3 is 5.92 Å². The fourth-order valence-electron chi connectivity index (χ4n) is 1.28. The van der Waals surface area contributed by atoms with Gasteiger partial charge in [0.05, 0.1) is 11.3 Å². The van der Waals surface area contributed by atoms with E-state index < -0.39 is 23.0 Å². The minimum Gasteiger partial charge on any atom is -0.461 e. The number of hydrogen-bond acceptors (Lipinski definition) is 3. The molecule has 0 amide bonds. The topological polar surface area (TPSA) is 43.1 Å². The Morgan fingerprint density at radius 2 is 2.18 bits per heavy atom. The number of halogens is 3. The second kappa shape index (κ2) is 4.25. The predicted molar refractivity (Wildman–Crippen MR) is 56.2 cm³/mol. The molecule has 2 aromatic heterocycles. The van der Waals surface area contributed by atoms with E-state index >= 15 is 0 Å². The number of nitrogens with zero attached hydrogens (tertiary/aromatic N) is 1. The number of aromatic nitrogens is 1. The van der Waals surface area contributed by atoms with Gasteiger partial charge in [-0.1, -0.05) is 11.6 Å². The van der Waals surface area contributed by atoms with Gasteiger partial charge < -0.3 is 4.42 Å². The summed E-state index contributed by atoms with van der Waals surface area (Å²) in [6.07, 6.45) is 3.25. The molecule has 0 aromatic carbocycles. The fraction of sp³-hybridized carbons (Fsp3) is 0.0909. The maximum absolute atomic E-state index is 13.8. The van der Waals surface area contributed by atoms with E-state index in [1.807, 2.05) is 0 Å². The highest BCUT2D eigenvalue weighted by Gasteiger charge is 2.43. The smallest absolute Gasteiger partial charge is 0.339 e. The van der Waals surface area contributed by atoms with E-state index in [0.29, 0.717) is 0 Å². The Hall–Kier alpha value is -1.75. The van der Waals surface area contributed by atoms with Gasteiger partial charge in [0.2, 0.25) is 0 Å². The van der Waals surface area contributed by atoms with Crippen LogP contribution in [0.2, 0.25) is 5.02 Å². The number of hydrogen-bond donors (Lipinski definition) is 0. The number of furan rings is 1. The Bertz CT molecular complexity index is 540. The molecule has 0 radical (unpaired) electrons. The Labute approximate surface area is 100 Å². The molecule has 0 saturated heterocycles. The second-order valence-electron chi connectivity index (χ2n) is 3.27. The number of rotatable bonds is 3. The van der Waals surface area contributed by atoms with E-state index in [-0.39, 0.29) is 5.02 Å². The van der Waals surface area contributed by atoms with Crippen LogP contribution in [0.4, 0.5) is 8.78 Å². The van der Waals surface area contributed by atoms with Crippen molar-refractivity contribution >= 4 is 17.4 Å². The predicted octanol–water partition coefficient (Wildman–Crippen LogP) is 3.30. The van der Waals surface area contributed by atoms with Crippen molar-refractivity contribution in [1.29, 1.82) is 0 Å². The Morgan fingerprint density at radius 1 is 1.41 bits per heavy atom. The van der Waals surface area contributed by atoms with Crippen molar-refractivity contribution in [1.82, 2.24) is 4.98 Å². The van der Waals surface area contributed by atoms with Gasteiger partial charge in [-0.05, 0) is 18.2 Å². The minimum atomic E-state index is -3.71. The fourth-order valence-corrected chi connectivity index (χ4v) is 1.45. The zero-order valence-electron chi connectivity index (χ0n) is 8.36. The van der Waals surface area contributed by atoms with Gasteiger partial charge in [-0.25, -0.2) is 0 Å². The molecule has 0 spiro atoms. The van der Waals surface area contributed by atoms with E-state index in [1.54, 1.807) is 0 Å². The normalized spacial score (nSPS) is 11.5. The van der Waals surface area contributed by atoms with Crippen molar-refractivity contribution in [3.05, 3.63) is 53.2 Å². The largest absolute Gasteiger partial charge is 0.461 e. The van der Waals surface area contributed by atoms with Crippen LogP contribution in [0, 0.1) is 0 Å². The number of carbonyl (C=O) groups is 1. The van der Waals surface area contributed by atoms with E-state index in [2.05, 4.69) is 9.40 Å². The van der Waals surface area contributed by atoms with E-state index in [1.165, 1.54) is 18.3 Å². The lowest BCUT2D eigenvalue weighted by molar-refractivity contribution is 0.00470. The molecule has 0 aliphatic heterocycles. The molecule has 0 unspecified atom stereocenters. The summed E-state index contributed by atoms with van der Waals surface area (Å²) in [5.74, 6) is -5.54. The van der Waals surface area contributed by atoms with Crippen molar-refractivity contribution in [2.45, 2.75) is 5.92 Å². The average Bonchev–Trinajstić information content (AvgIpc) is 2.81. The second-order valence-corrected chi connectivity index (χ2v) is 3.71. The molecule has 0 bridgehead atoms. The molecule has 0 aliphatic carbocycles. The summed E-state index contributed by atoms with van der Waals surface area (Å²) in [4.78, 5) is 15.0. The zero-order valence-corrected chi connectivity index (χ0v) is 9.12. The maximum Gasteiger partial charge on any atom is 0.339 e. The number of Topliss-reactive ketones (excluding diaryl/α,β-unsaturated/α-hetero) is 1. The van der Waals surface area contributed by atoms with Crippen molar-refractivity contribution in [2.75, 3.05) is 0 Å². The summed E-state index contributed by atoms with van der Waals surface area (Å²) in [5, 5.41) is 0.0365. The SMILES string of the molecule is O=C(c1ccco1)C(F)(F)c1cncc(Cl)c1. The summed E-state index contributed by atoms with van der Waals surface area (Å²) in [6.45, 7) is 0. The van der Waals surface area contributed by atoms with Crippen LogP contribution in [0.25, 0.3) is 0 Å². The first kappa shape index (κ1) is 11.7. The van der Waals surface area contributed by atoms with Crippen molar-refractivity contribution in [3.63, 3.8) is 0 Å². The standard InChI is InChI=1S/C11H6ClF2NO2/c12-8-4-7(5-15-6-8)11(13,14)10(16)9-2-1-3-17-9/h1-6H. The molecule has 88 valence electrons. The van der Waals surface area contributed by atoms with Crippen LogP contribution < -0.4 is 0 Å². The monoisotopic (exact) mass is 257 g/mol. The molecule has 2 rings (SSSR count).